The molecule has 1 amide bonds. The molecule has 5 rings (SSSR count). The van der Waals surface area contributed by atoms with Crippen LogP contribution in [0.25, 0.3) is 0 Å². The molecular formula is C24H31ClN6O3. The van der Waals surface area contributed by atoms with Crippen LogP contribution in [0.3, 0.4) is 0 Å². The Morgan fingerprint density at radius 1 is 1.15 bits per heavy atom. The third kappa shape index (κ3) is 4.95. The Balaban J connectivity index is 1.07. The Kier molecular flexibility index (Phi) is 6.57. The number of hydrogen-bond donors (Lipinski definition) is 2. The summed E-state index contributed by atoms with van der Waals surface area (Å²) in [6.45, 7) is 4.95. The molecule has 2 aromatic heterocycles. The smallest absolute Gasteiger partial charge is 0.306 e. The maximum atomic E-state index is 12.9. The number of carbonyl (C=O) groups is 2. The zero-order valence-electron chi connectivity index (χ0n) is 19.4. The molecule has 1 aliphatic heterocycles. The van der Waals surface area contributed by atoms with Gasteiger partial charge in [-0.05, 0) is 75.6 Å². The van der Waals surface area contributed by atoms with E-state index in [1.807, 2.05) is 23.9 Å². The number of piperidine rings is 1. The summed E-state index contributed by atoms with van der Waals surface area (Å²) in [5.74, 6) is -0.176. The fourth-order valence-corrected chi connectivity index (χ4v) is 6.22. The number of pyridine rings is 1. The summed E-state index contributed by atoms with van der Waals surface area (Å²) in [4.78, 5) is 30.8. The Bertz CT molecular complexity index is 1070. The molecule has 3 heterocycles. The van der Waals surface area contributed by atoms with Crippen LogP contribution in [0.5, 0.6) is 0 Å². The van der Waals surface area contributed by atoms with Gasteiger partial charge >= 0.3 is 5.97 Å². The van der Waals surface area contributed by atoms with E-state index in [4.69, 9.17) is 11.6 Å². The number of carbonyl (C=O) groups excluding carboxylic acids is 1. The predicted molar refractivity (Wildman–Crippen MR) is 125 cm³/mol. The number of aliphatic carboxylic acids is 1. The van der Waals surface area contributed by atoms with Gasteiger partial charge in [-0.15, -0.1) is 5.10 Å². The Labute approximate surface area is 203 Å². The molecule has 1 saturated heterocycles. The first-order valence-electron chi connectivity index (χ1n) is 12.1. The zero-order chi connectivity index (χ0) is 23.8. The van der Waals surface area contributed by atoms with E-state index in [2.05, 4.69) is 25.5 Å². The SMILES string of the molecule is Cc1nc(Cl)ccc1Cn1cc(CN2CCC(C(=O)N[C@@H]3C[C@H]4C[C@@H]3C[C@H]4C(=O)O)CC2)nn1. The quantitative estimate of drug-likeness (QED) is 0.578. The van der Waals surface area contributed by atoms with Crippen LogP contribution in [0.4, 0.5) is 0 Å². The topological polar surface area (TPSA) is 113 Å². The Morgan fingerprint density at radius 2 is 1.94 bits per heavy atom. The van der Waals surface area contributed by atoms with Gasteiger partial charge in [-0.3, -0.25) is 14.5 Å². The van der Waals surface area contributed by atoms with Gasteiger partial charge in [0.15, 0.2) is 0 Å². The van der Waals surface area contributed by atoms with Gasteiger partial charge in [0.2, 0.25) is 5.91 Å². The lowest BCUT2D eigenvalue weighted by molar-refractivity contribution is -0.143. The Hall–Kier alpha value is -2.52. The third-order valence-electron chi connectivity index (χ3n) is 7.93. The molecule has 2 saturated carbocycles. The van der Waals surface area contributed by atoms with Crippen LogP contribution in [0.15, 0.2) is 18.3 Å². The number of aromatic nitrogens is 4. The highest BCUT2D eigenvalue weighted by Crippen LogP contribution is 2.48. The number of fused-ring (bicyclic) bond motifs is 2. The van der Waals surface area contributed by atoms with Crippen molar-refractivity contribution in [1.29, 1.82) is 0 Å². The van der Waals surface area contributed by atoms with E-state index < -0.39 is 5.97 Å². The van der Waals surface area contributed by atoms with Crippen LogP contribution in [0, 0.1) is 30.6 Å². The first kappa shape index (κ1) is 23.2. The predicted octanol–water partition coefficient (Wildman–Crippen LogP) is 2.51. The standard InChI is InChI=1S/C24H31ClN6O3/c1-14-16(2-3-22(25)26-14)11-31-13-19(28-29-31)12-30-6-4-15(5-7-30)23(32)27-21-10-17-8-18(21)9-20(17)24(33)34/h2-3,13,15,17-18,20-21H,4-12H2,1H3,(H,27,32)(H,33,34)/t17-,18-,20-,21-/m1/s1. The van der Waals surface area contributed by atoms with Gasteiger partial charge in [0, 0.05) is 24.2 Å². The highest BCUT2D eigenvalue weighted by atomic mass is 35.5. The molecule has 10 heteroatoms. The van der Waals surface area contributed by atoms with Gasteiger partial charge in [0.05, 0.1) is 24.4 Å². The summed E-state index contributed by atoms with van der Waals surface area (Å²) in [6, 6.07) is 3.90. The summed E-state index contributed by atoms with van der Waals surface area (Å²) < 4.78 is 1.82. The van der Waals surface area contributed by atoms with Crippen molar-refractivity contribution in [3.8, 4) is 0 Å². The minimum Gasteiger partial charge on any atom is -0.481 e. The van der Waals surface area contributed by atoms with Gasteiger partial charge in [0.1, 0.15) is 5.15 Å². The van der Waals surface area contributed by atoms with Crippen molar-refractivity contribution in [2.24, 2.45) is 23.7 Å². The number of hydrogen-bond acceptors (Lipinski definition) is 6. The normalized spacial score (nSPS) is 27.2. The number of carboxylic acids is 1. The van der Waals surface area contributed by atoms with Crippen molar-refractivity contribution in [2.75, 3.05) is 13.1 Å². The molecule has 34 heavy (non-hydrogen) atoms. The highest BCUT2D eigenvalue weighted by Gasteiger charge is 2.49. The summed E-state index contributed by atoms with van der Waals surface area (Å²) >= 11 is 5.94. The van der Waals surface area contributed by atoms with Crippen LogP contribution in [-0.2, 0) is 22.7 Å². The fraction of sp³-hybridized carbons (Fsp3) is 0.625. The van der Waals surface area contributed by atoms with Crippen molar-refractivity contribution in [3.63, 3.8) is 0 Å². The van der Waals surface area contributed by atoms with E-state index in [1.54, 1.807) is 6.07 Å². The average Bonchev–Trinajstić information content (AvgIpc) is 3.52. The van der Waals surface area contributed by atoms with E-state index >= 15 is 0 Å². The lowest BCUT2D eigenvalue weighted by Crippen LogP contribution is -2.46. The molecule has 182 valence electrons. The molecule has 0 radical (unpaired) electrons. The average molecular weight is 487 g/mol. The number of nitrogens with zero attached hydrogens (tertiary/aromatic N) is 5. The number of nitrogens with one attached hydrogen (secondary N) is 1. The summed E-state index contributed by atoms with van der Waals surface area (Å²) in [5.41, 5.74) is 2.86. The second-order valence-corrected chi connectivity index (χ2v) is 10.5. The first-order valence-corrected chi connectivity index (χ1v) is 12.5. The maximum Gasteiger partial charge on any atom is 0.306 e. The number of likely N-dealkylation sites (tertiary alicyclic amines) is 1. The zero-order valence-corrected chi connectivity index (χ0v) is 20.1. The number of aryl methyl sites for hydroxylation is 1. The number of amides is 1. The summed E-state index contributed by atoms with van der Waals surface area (Å²) in [6.07, 6.45) is 6.08. The third-order valence-corrected chi connectivity index (χ3v) is 8.14. The van der Waals surface area contributed by atoms with E-state index in [0.29, 0.717) is 24.0 Å². The first-order chi connectivity index (χ1) is 16.4. The van der Waals surface area contributed by atoms with Gasteiger partial charge in [-0.1, -0.05) is 22.9 Å². The lowest BCUT2D eigenvalue weighted by atomic mass is 9.85. The molecule has 2 aromatic rings. The van der Waals surface area contributed by atoms with E-state index in [9.17, 15) is 14.7 Å². The highest BCUT2D eigenvalue weighted by molar-refractivity contribution is 6.29. The molecule has 2 bridgehead atoms. The summed E-state index contributed by atoms with van der Waals surface area (Å²) in [5, 5.41) is 21.6. The molecule has 2 aliphatic carbocycles. The van der Waals surface area contributed by atoms with Crippen LogP contribution < -0.4 is 5.32 Å². The van der Waals surface area contributed by atoms with Crippen molar-refractivity contribution in [1.82, 2.24) is 30.2 Å². The molecule has 4 atom stereocenters. The van der Waals surface area contributed by atoms with Gasteiger partial charge in [-0.25, -0.2) is 9.67 Å². The number of halogens is 1. The van der Waals surface area contributed by atoms with Crippen LogP contribution in [-0.4, -0.2) is 61.0 Å². The number of carboxylic acid groups (broad SMARTS) is 1. The second kappa shape index (κ2) is 9.62. The van der Waals surface area contributed by atoms with Crippen LogP contribution in [0.1, 0.15) is 49.1 Å². The largest absolute Gasteiger partial charge is 0.481 e. The lowest BCUT2D eigenvalue weighted by Gasteiger charge is -2.33. The van der Waals surface area contributed by atoms with Crippen molar-refractivity contribution in [2.45, 2.75) is 58.2 Å². The van der Waals surface area contributed by atoms with Crippen molar-refractivity contribution < 1.29 is 14.7 Å². The van der Waals surface area contributed by atoms with Crippen molar-refractivity contribution in [3.05, 3.63) is 40.4 Å². The van der Waals surface area contributed by atoms with Crippen molar-refractivity contribution >= 4 is 23.5 Å². The van der Waals surface area contributed by atoms with E-state index in [-0.39, 0.29) is 29.7 Å². The molecule has 0 aromatic carbocycles. The van der Waals surface area contributed by atoms with Gasteiger partial charge < -0.3 is 10.4 Å². The van der Waals surface area contributed by atoms with E-state index in [1.165, 1.54) is 0 Å². The molecular weight excluding hydrogens is 456 g/mol. The minimum atomic E-state index is -0.679. The molecule has 3 fully saturated rings. The van der Waals surface area contributed by atoms with Crippen LogP contribution in [0.2, 0.25) is 5.15 Å². The molecule has 9 nitrogen and oxygen atoms in total. The van der Waals surface area contributed by atoms with Crippen LogP contribution >= 0.6 is 11.6 Å². The minimum absolute atomic E-state index is 0.0294. The maximum absolute atomic E-state index is 12.9. The monoisotopic (exact) mass is 486 g/mol. The van der Waals surface area contributed by atoms with E-state index in [0.717, 1.165) is 62.3 Å². The molecule has 0 spiro atoms. The number of rotatable bonds is 7. The summed E-state index contributed by atoms with van der Waals surface area (Å²) in [7, 11) is 0. The van der Waals surface area contributed by atoms with Gasteiger partial charge in [0.25, 0.3) is 0 Å². The second-order valence-electron chi connectivity index (χ2n) is 10.1. The molecule has 0 unspecified atom stereocenters. The van der Waals surface area contributed by atoms with Gasteiger partial charge in [-0.2, -0.15) is 0 Å². The fourth-order valence-electron chi connectivity index (χ4n) is 6.03. The molecule has 2 N–H and O–H groups in total. The Morgan fingerprint density at radius 3 is 2.62 bits per heavy atom. The molecule has 3 aliphatic rings.